The normalized spacial score (nSPS) is 23.5. The van der Waals surface area contributed by atoms with Gasteiger partial charge >= 0.3 is 0 Å². The summed E-state index contributed by atoms with van der Waals surface area (Å²) in [6.45, 7) is 4.92. The van der Waals surface area contributed by atoms with Crippen LogP contribution in [0.1, 0.15) is 57.3 Å². The second-order valence-electron chi connectivity index (χ2n) is 15.1. The number of fused-ring (bicyclic) bond motifs is 5. The van der Waals surface area contributed by atoms with E-state index in [-0.39, 0.29) is 10.8 Å². The molecule has 2 bridgehead atoms. The monoisotopic (exact) mass is 635 g/mol. The van der Waals surface area contributed by atoms with Crippen molar-refractivity contribution in [2.45, 2.75) is 56.8 Å². The van der Waals surface area contributed by atoms with E-state index in [1.807, 2.05) is 0 Å². The number of hydrogen-bond donors (Lipinski definition) is 0. The molecule has 0 aliphatic heterocycles. The molecule has 4 unspecified atom stereocenters. The van der Waals surface area contributed by atoms with Gasteiger partial charge in [-0.2, -0.15) is 0 Å². The van der Waals surface area contributed by atoms with E-state index in [0.717, 1.165) is 41.4 Å². The van der Waals surface area contributed by atoms with E-state index in [1.54, 1.807) is 0 Å². The van der Waals surface area contributed by atoms with Crippen LogP contribution >= 0.6 is 0 Å². The first-order valence-electron chi connectivity index (χ1n) is 17.9. The zero-order valence-corrected chi connectivity index (χ0v) is 28.3. The molecule has 0 saturated heterocycles. The van der Waals surface area contributed by atoms with Crippen LogP contribution in [0.3, 0.4) is 0 Å². The van der Waals surface area contributed by atoms with E-state index in [0.29, 0.717) is 11.8 Å². The molecule has 3 heteroatoms. The second kappa shape index (κ2) is 11.8. The molecule has 6 aromatic carbocycles. The van der Waals surface area contributed by atoms with Crippen LogP contribution in [-0.4, -0.2) is 15.0 Å². The fourth-order valence-corrected chi connectivity index (χ4v) is 9.71. The van der Waals surface area contributed by atoms with Gasteiger partial charge in [0.25, 0.3) is 0 Å². The van der Waals surface area contributed by atoms with E-state index in [4.69, 9.17) is 15.0 Å². The Labute approximate surface area is 289 Å². The molecule has 2 saturated carbocycles. The second-order valence-corrected chi connectivity index (χ2v) is 15.1. The standard InChI is InChI=1S/C46H41N3/c1-31-25-32-28-45(2,30-46(27-31,29-32)41-26-37-17-9-10-18-38(37)39-19-11-12-20-40(39)41)44-48-42(35-15-7-4-8-16-35)47-43(49-44)36-23-21-34(22-24-36)33-13-5-3-6-14-33/h3-24,26,31-32H,25,27-30H2,1-2H3. The number of benzene rings is 6. The molecule has 4 atom stereocenters. The van der Waals surface area contributed by atoms with Gasteiger partial charge in [0.2, 0.25) is 0 Å². The van der Waals surface area contributed by atoms with E-state index >= 15 is 0 Å². The lowest BCUT2D eigenvalue weighted by Gasteiger charge is -2.54. The molecule has 0 spiro atoms. The average molecular weight is 636 g/mol. The van der Waals surface area contributed by atoms with Crippen molar-refractivity contribution in [2.24, 2.45) is 11.8 Å². The minimum atomic E-state index is -0.207. The predicted molar refractivity (Wildman–Crippen MR) is 202 cm³/mol. The summed E-state index contributed by atoms with van der Waals surface area (Å²) >= 11 is 0. The van der Waals surface area contributed by atoms with Gasteiger partial charge in [-0.15, -0.1) is 0 Å². The average Bonchev–Trinajstić information content (AvgIpc) is 3.14. The topological polar surface area (TPSA) is 38.7 Å². The van der Waals surface area contributed by atoms with Gasteiger partial charge < -0.3 is 0 Å². The van der Waals surface area contributed by atoms with Crippen molar-refractivity contribution >= 4 is 21.5 Å². The van der Waals surface area contributed by atoms with Crippen molar-refractivity contribution < 1.29 is 0 Å². The lowest BCUT2D eigenvalue weighted by Crippen LogP contribution is -2.49. The summed E-state index contributed by atoms with van der Waals surface area (Å²) in [5.41, 5.74) is 5.78. The molecule has 49 heavy (non-hydrogen) atoms. The van der Waals surface area contributed by atoms with Gasteiger partial charge in [0.1, 0.15) is 5.82 Å². The Morgan fingerprint density at radius 1 is 0.531 bits per heavy atom. The Morgan fingerprint density at radius 3 is 1.80 bits per heavy atom. The highest BCUT2D eigenvalue weighted by molar-refractivity contribution is 6.09. The quantitative estimate of drug-likeness (QED) is 0.177. The number of aromatic nitrogens is 3. The minimum absolute atomic E-state index is 0.0377. The molecule has 1 heterocycles. The molecule has 9 rings (SSSR count). The highest BCUT2D eigenvalue weighted by Crippen LogP contribution is 2.59. The molecule has 1 aromatic heterocycles. The van der Waals surface area contributed by atoms with Crippen LogP contribution < -0.4 is 0 Å². The third kappa shape index (κ3) is 5.33. The van der Waals surface area contributed by atoms with E-state index in [1.165, 1.54) is 57.5 Å². The molecule has 0 amide bonds. The minimum Gasteiger partial charge on any atom is -0.212 e. The Kier molecular flexibility index (Phi) is 7.19. The molecule has 0 N–H and O–H groups in total. The zero-order valence-electron chi connectivity index (χ0n) is 28.3. The van der Waals surface area contributed by atoms with E-state index in [9.17, 15) is 0 Å². The Bertz CT molecular complexity index is 2290. The molecular weight excluding hydrogens is 595 g/mol. The maximum atomic E-state index is 5.39. The maximum absolute atomic E-state index is 5.39. The molecule has 0 radical (unpaired) electrons. The third-order valence-electron chi connectivity index (χ3n) is 11.4. The Morgan fingerprint density at radius 2 is 1.08 bits per heavy atom. The summed E-state index contributed by atoms with van der Waals surface area (Å²) in [6.07, 6.45) is 5.78. The van der Waals surface area contributed by atoms with Crippen LogP contribution in [0.5, 0.6) is 0 Å². The first-order valence-corrected chi connectivity index (χ1v) is 17.9. The van der Waals surface area contributed by atoms with Gasteiger partial charge in [-0.3, -0.25) is 0 Å². The van der Waals surface area contributed by atoms with Crippen LogP contribution in [-0.2, 0) is 10.8 Å². The van der Waals surface area contributed by atoms with Crippen LogP contribution in [0.25, 0.3) is 55.4 Å². The number of rotatable bonds is 5. The smallest absolute Gasteiger partial charge is 0.163 e. The zero-order chi connectivity index (χ0) is 33.0. The van der Waals surface area contributed by atoms with Gasteiger partial charge in [-0.05, 0) is 93.7 Å². The Hall–Kier alpha value is -5.15. The predicted octanol–water partition coefficient (Wildman–Crippen LogP) is 11.6. The van der Waals surface area contributed by atoms with Crippen molar-refractivity contribution in [1.82, 2.24) is 15.0 Å². The summed E-state index contributed by atoms with van der Waals surface area (Å²) in [7, 11) is 0. The van der Waals surface area contributed by atoms with Gasteiger partial charge in [-0.1, -0.05) is 147 Å². The molecule has 3 nitrogen and oxygen atoms in total. The summed E-state index contributed by atoms with van der Waals surface area (Å²) in [4.78, 5) is 15.9. The maximum Gasteiger partial charge on any atom is 0.163 e. The lowest BCUT2D eigenvalue weighted by molar-refractivity contribution is 0.0566. The summed E-state index contributed by atoms with van der Waals surface area (Å²) in [5.74, 6) is 3.71. The lowest BCUT2D eigenvalue weighted by atomic mass is 9.50. The van der Waals surface area contributed by atoms with Crippen molar-refractivity contribution in [2.75, 3.05) is 0 Å². The van der Waals surface area contributed by atoms with Crippen molar-refractivity contribution in [1.29, 1.82) is 0 Å². The van der Waals surface area contributed by atoms with E-state index in [2.05, 4.69) is 153 Å². The van der Waals surface area contributed by atoms with Crippen LogP contribution in [0.15, 0.2) is 140 Å². The van der Waals surface area contributed by atoms with Gasteiger partial charge in [-0.25, -0.2) is 15.0 Å². The third-order valence-corrected chi connectivity index (χ3v) is 11.4. The Balaban J connectivity index is 1.19. The highest BCUT2D eigenvalue weighted by Gasteiger charge is 2.53. The largest absolute Gasteiger partial charge is 0.212 e. The van der Waals surface area contributed by atoms with Crippen molar-refractivity contribution in [3.8, 4) is 33.9 Å². The molecule has 240 valence electrons. The van der Waals surface area contributed by atoms with Gasteiger partial charge in [0, 0.05) is 16.5 Å². The molecular formula is C46H41N3. The fourth-order valence-electron chi connectivity index (χ4n) is 9.71. The number of nitrogens with zero attached hydrogens (tertiary/aromatic N) is 3. The molecule has 7 aromatic rings. The van der Waals surface area contributed by atoms with Crippen LogP contribution in [0.4, 0.5) is 0 Å². The molecule has 2 fully saturated rings. The summed E-state index contributed by atoms with van der Waals surface area (Å²) in [6, 6.07) is 50.2. The van der Waals surface area contributed by atoms with Gasteiger partial charge in [0.15, 0.2) is 11.6 Å². The fraction of sp³-hybridized carbons (Fsp3) is 0.239. The van der Waals surface area contributed by atoms with Gasteiger partial charge in [0.05, 0.1) is 0 Å². The molecule has 2 aliphatic rings. The van der Waals surface area contributed by atoms with Crippen LogP contribution in [0, 0.1) is 11.8 Å². The summed E-state index contributed by atoms with van der Waals surface area (Å²) in [5, 5.41) is 5.43. The highest BCUT2D eigenvalue weighted by atomic mass is 15.0. The van der Waals surface area contributed by atoms with Crippen LogP contribution in [0.2, 0.25) is 0 Å². The first-order chi connectivity index (χ1) is 24.0. The first kappa shape index (κ1) is 29.9. The summed E-state index contributed by atoms with van der Waals surface area (Å²) < 4.78 is 0. The van der Waals surface area contributed by atoms with Crippen molar-refractivity contribution in [3.05, 3.63) is 151 Å². The molecule has 2 aliphatic carbocycles. The van der Waals surface area contributed by atoms with E-state index < -0.39 is 0 Å². The SMILES string of the molecule is CC1CC2CC(C)(c3nc(-c4ccccc4)nc(-c4ccc(-c5ccccc5)cc4)n3)CC(c3cc4ccccc4c4ccccc34)(C1)C2. The number of hydrogen-bond acceptors (Lipinski definition) is 3. The van der Waals surface area contributed by atoms with Crippen molar-refractivity contribution in [3.63, 3.8) is 0 Å².